The Kier molecular flexibility index (Phi) is 4.37. The summed E-state index contributed by atoms with van der Waals surface area (Å²) in [5, 5.41) is 11.3. The van der Waals surface area contributed by atoms with E-state index in [1.807, 2.05) is 47.8 Å². The number of benzene rings is 1. The molecule has 22 heavy (non-hydrogen) atoms. The zero-order valence-electron chi connectivity index (χ0n) is 11.5. The van der Waals surface area contributed by atoms with Crippen LogP contribution in [0.2, 0.25) is 0 Å². The summed E-state index contributed by atoms with van der Waals surface area (Å²) in [6, 6.07) is 15.3. The van der Waals surface area contributed by atoms with Crippen molar-refractivity contribution in [1.82, 2.24) is 0 Å². The largest absolute Gasteiger partial charge is 0.283 e. The highest BCUT2D eigenvalue weighted by molar-refractivity contribution is 8.14. The number of nitriles is 1. The molecule has 1 aliphatic heterocycles. The molecule has 0 bridgehead atoms. The van der Waals surface area contributed by atoms with Crippen LogP contribution < -0.4 is 4.90 Å². The lowest BCUT2D eigenvalue weighted by molar-refractivity contribution is -0.113. The molecule has 108 valence electrons. The second-order valence-corrected chi connectivity index (χ2v) is 6.28. The highest BCUT2D eigenvalue weighted by atomic mass is 32.2. The van der Waals surface area contributed by atoms with Crippen molar-refractivity contribution >= 4 is 45.9 Å². The first kappa shape index (κ1) is 14.6. The summed E-state index contributed by atoms with van der Waals surface area (Å²) in [6.45, 7) is 0. The van der Waals surface area contributed by atoms with E-state index in [1.54, 1.807) is 22.3 Å². The molecule has 0 aliphatic carbocycles. The van der Waals surface area contributed by atoms with E-state index in [4.69, 9.17) is 5.26 Å². The number of para-hydroxylation sites is 1. The minimum absolute atomic E-state index is 0.167. The highest BCUT2D eigenvalue weighted by Crippen LogP contribution is 2.29. The number of amides is 1. The molecule has 0 fully saturated rings. The van der Waals surface area contributed by atoms with E-state index in [9.17, 15) is 4.79 Å². The Labute approximate surface area is 136 Å². The van der Waals surface area contributed by atoms with Crippen LogP contribution in [0.25, 0.3) is 6.08 Å². The number of aliphatic imine (C=N–C) groups is 1. The fourth-order valence-corrected chi connectivity index (χ4v) is 3.33. The van der Waals surface area contributed by atoms with E-state index in [2.05, 4.69) is 11.1 Å². The Bertz CT molecular complexity index is 773. The van der Waals surface area contributed by atoms with Crippen LogP contribution in [0.1, 0.15) is 4.88 Å². The molecule has 0 saturated heterocycles. The van der Waals surface area contributed by atoms with Gasteiger partial charge in [-0.25, -0.2) is 4.99 Å². The van der Waals surface area contributed by atoms with Gasteiger partial charge in [0.1, 0.15) is 5.70 Å². The SMILES string of the molecule is N#CCSC1=N/C(=C/c2cccs2)C(=O)N1c1ccccc1. The predicted octanol–water partition coefficient (Wildman–Crippen LogP) is 3.75. The third-order valence-electron chi connectivity index (χ3n) is 2.93. The van der Waals surface area contributed by atoms with Crippen molar-refractivity contribution in [2.45, 2.75) is 0 Å². The average Bonchev–Trinajstić information content (AvgIpc) is 3.15. The Hall–Kier alpha value is -2.36. The van der Waals surface area contributed by atoms with E-state index in [-0.39, 0.29) is 11.7 Å². The number of amidine groups is 1. The molecule has 1 aromatic carbocycles. The first-order valence-electron chi connectivity index (χ1n) is 6.53. The molecule has 0 saturated carbocycles. The van der Waals surface area contributed by atoms with Crippen molar-refractivity contribution < 1.29 is 4.79 Å². The molecule has 0 atom stereocenters. The maximum absolute atomic E-state index is 12.7. The molecule has 1 aliphatic rings. The second-order valence-electron chi connectivity index (χ2n) is 4.36. The predicted molar refractivity (Wildman–Crippen MR) is 91.7 cm³/mol. The molecule has 0 unspecified atom stereocenters. The topological polar surface area (TPSA) is 56.5 Å². The molecule has 2 aromatic rings. The molecular formula is C16H11N3OS2. The standard InChI is InChI=1S/C16H11N3OS2/c17-8-10-22-16-18-14(11-13-7-4-9-21-13)15(20)19(16)12-5-2-1-3-6-12/h1-7,9,11H,10H2/b14-11+. The van der Waals surface area contributed by atoms with Crippen molar-refractivity contribution in [1.29, 1.82) is 5.26 Å². The van der Waals surface area contributed by atoms with Gasteiger partial charge in [0.2, 0.25) is 0 Å². The summed E-state index contributed by atoms with van der Waals surface area (Å²) in [5.74, 6) is 0.0851. The number of hydrogen-bond acceptors (Lipinski definition) is 5. The Morgan fingerprint density at radius 3 is 2.77 bits per heavy atom. The Balaban J connectivity index is 1.97. The zero-order chi connectivity index (χ0) is 15.4. The highest BCUT2D eigenvalue weighted by Gasteiger charge is 2.31. The van der Waals surface area contributed by atoms with Crippen LogP contribution in [-0.2, 0) is 4.79 Å². The first-order chi connectivity index (χ1) is 10.8. The van der Waals surface area contributed by atoms with Gasteiger partial charge in [0.25, 0.3) is 5.91 Å². The summed E-state index contributed by atoms with van der Waals surface area (Å²) in [4.78, 5) is 19.6. The molecule has 1 aromatic heterocycles. The molecule has 6 heteroatoms. The van der Waals surface area contributed by atoms with Crippen LogP contribution in [0, 0.1) is 11.3 Å². The van der Waals surface area contributed by atoms with Crippen molar-refractivity contribution in [3.63, 3.8) is 0 Å². The summed E-state index contributed by atoms with van der Waals surface area (Å²) in [6.07, 6.45) is 1.78. The summed E-state index contributed by atoms with van der Waals surface area (Å²) in [7, 11) is 0. The molecule has 1 amide bonds. The van der Waals surface area contributed by atoms with Crippen LogP contribution in [0.15, 0.2) is 58.5 Å². The lowest BCUT2D eigenvalue weighted by Gasteiger charge is -2.16. The normalized spacial score (nSPS) is 16.0. The fraction of sp³-hybridized carbons (Fsp3) is 0.0625. The van der Waals surface area contributed by atoms with E-state index in [0.717, 1.165) is 10.6 Å². The molecule has 3 rings (SSSR count). The second kappa shape index (κ2) is 6.60. The number of thioether (sulfide) groups is 1. The molecule has 2 heterocycles. The van der Waals surface area contributed by atoms with Gasteiger partial charge < -0.3 is 0 Å². The van der Waals surface area contributed by atoms with Crippen LogP contribution in [0.3, 0.4) is 0 Å². The Morgan fingerprint density at radius 1 is 1.27 bits per heavy atom. The minimum Gasteiger partial charge on any atom is -0.266 e. The molecule has 0 radical (unpaired) electrons. The number of rotatable bonds is 3. The van der Waals surface area contributed by atoms with Gasteiger partial charge in [-0.15, -0.1) is 11.3 Å². The summed E-state index contributed by atoms with van der Waals surface area (Å²) < 4.78 is 0. The number of carbonyl (C=O) groups is 1. The van der Waals surface area contributed by atoms with Gasteiger partial charge in [-0.05, 0) is 29.7 Å². The van der Waals surface area contributed by atoms with Gasteiger partial charge in [0.15, 0.2) is 5.17 Å². The smallest absolute Gasteiger partial charge is 0.266 e. The fourth-order valence-electron chi connectivity index (χ4n) is 2.00. The van der Waals surface area contributed by atoms with Crippen molar-refractivity contribution in [3.8, 4) is 6.07 Å². The van der Waals surface area contributed by atoms with Gasteiger partial charge in [-0.2, -0.15) is 5.26 Å². The van der Waals surface area contributed by atoms with Gasteiger partial charge in [-0.1, -0.05) is 36.0 Å². The summed E-state index contributed by atoms with van der Waals surface area (Å²) >= 11 is 2.82. The minimum atomic E-state index is -0.167. The van der Waals surface area contributed by atoms with Crippen LogP contribution in [-0.4, -0.2) is 16.8 Å². The number of carbonyl (C=O) groups excluding carboxylic acids is 1. The monoisotopic (exact) mass is 325 g/mol. The average molecular weight is 325 g/mol. The van der Waals surface area contributed by atoms with Gasteiger partial charge in [0, 0.05) is 4.88 Å². The molecule has 0 spiro atoms. The lowest BCUT2D eigenvalue weighted by atomic mass is 10.3. The Morgan fingerprint density at radius 2 is 2.09 bits per heavy atom. The van der Waals surface area contributed by atoms with E-state index >= 15 is 0 Å². The number of nitrogens with zero attached hydrogens (tertiary/aromatic N) is 3. The quantitative estimate of drug-likeness (QED) is 0.808. The van der Waals surface area contributed by atoms with E-state index in [0.29, 0.717) is 10.9 Å². The third-order valence-corrected chi connectivity index (χ3v) is 4.56. The van der Waals surface area contributed by atoms with Gasteiger partial charge >= 0.3 is 0 Å². The zero-order valence-corrected chi connectivity index (χ0v) is 13.1. The molecular weight excluding hydrogens is 314 g/mol. The summed E-state index contributed by atoms with van der Waals surface area (Å²) in [5.41, 5.74) is 1.15. The molecule has 4 nitrogen and oxygen atoms in total. The van der Waals surface area contributed by atoms with Crippen LogP contribution >= 0.6 is 23.1 Å². The number of anilines is 1. The first-order valence-corrected chi connectivity index (χ1v) is 8.39. The van der Waals surface area contributed by atoms with Crippen molar-refractivity contribution in [2.75, 3.05) is 10.7 Å². The van der Waals surface area contributed by atoms with E-state index < -0.39 is 0 Å². The lowest BCUT2D eigenvalue weighted by Crippen LogP contribution is -2.30. The van der Waals surface area contributed by atoms with Crippen LogP contribution in [0.4, 0.5) is 5.69 Å². The van der Waals surface area contributed by atoms with Crippen molar-refractivity contribution in [2.24, 2.45) is 4.99 Å². The van der Waals surface area contributed by atoms with Crippen molar-refractivity contribution in [3.05, 3.63) is 58.4 Å². The van der Waals surface area contributed by atoms with Crippen LogP contribution in [0.5, 0.6) is 0 Å². The maximum atomic E-state index is 12.7. The number of thiophene rings is 1. The van der Waals surface area contributed by atoms with Gasteiger partial charge in [-0.3, -0.25) is 9.69 Å². The van der Waals surface area contributed by atoms with Gasteiger partial charge in [0.05, 0.1) is 17.5 Å². The maximum Gasteiger partial charge on any atom is 0.283 e. The van der Waals surface area contributed by atoms with E-state index in [1.165, 1.54) is 11.8 Å². The number of hydrogen-bond donors (Lipinski definition) is 0. The third kappa shape index (κ3) is 2.96. The molecule has 0 N–H and O–H groups in total.